The van der Waals surface area contributed by atoms with E-state index >= 15 is 0 Å². The molecule has 4 rings (SSSR count). The van der Waals surface area contributed by atoms with Crippen LogP contribution in [0.2, 0.25) is 0 Å². The van der Waals surface area contributed by atoms with Gasteiger partial charge >= 0.3 is 6.36 Å². The number of nitrogens with zero attached hydrogens (tertiary/aromatic N) is 1. The van der Waals surface area contributed by atoms with Crippen molar-refractivity contribution in [1.29, 1.82) is 5.26 Å². The molecule has 0 aliphatic rings. The molecular formula is C28H22F4N4O3. The number of fused-ring (bicyclic) bond motifs is 1. The number of amides is 2. The van der Waals surface area contributed by atoms with Crippen LogP contribution >= 0.6 is 0 Å². The monoisotopic (exact) mass is 538 g/mol. The van der Waals surface area contributed by atoms with E-state index in [1.165, 1.54) is 19.2 Å². The fourth-order valence-electron chi connectivity index (χ4n) is 4.25. The number of hydrogen-bond donors (Lipinski definition) is 3. The van der Waals surface area contributed by atoms with Crippen LogP contribution in [-0.4, -0.2) is 36.3 Å². The van der Waals surface area contributed by atoms with Crippen molar-refractivity contribution in [3.05, 3.63) is 89.4 Å². The summed E-state index contributed by atoms with van der Waals surface area (Å²) in [7, 11) is 1.37. The summed E-state index contributed by atoms with van der Waals surface area (Å²) < 4.78 is 57.7. The Morgan fingerprint density at radius 1 is 1.05 bits per heavy atom. The van der Waals surface area contributed by atoms with Gasteiger partial charge in [0.25, 0.3) is 11.8 Å². The van der Waals surface area contributed by atoms with Gasteiger partial charge in [-0.15, -0.1) is 13.2 Å². The van der Waals surface area contributed by atoms with Crippen molar-refractivity contribution in [2.75, 3.05) is 7.05 Å². The molecule has 0 saturated carbocycles. The lowest BCUT2D eigenvalue weighted by Crippen LogP contribution is -2.36. The average Bonchev–Trinajstić information content (AvgIpc) is 3.30. The number of nitriles is 1. The lowest BCUT2D eigenvalue weighted by molar-refractivity contribution is -0.274. The second-order valence-electron chi connectivity index (χ2n) is 8.66. The molecule has 0 bridgehead atoms. The molecule has 1 unspecified atom stereocenters. The van der Waals surface area contributed by atoms with Crippen LogP contribution in [0.4, 0.5) is 17.6 Å². The van der Waals surface area contributed by atoms with Crippen LogP contribution in [0.25, 0.3) is 22.0 Å². The zero-order valence-corrected chi connectivity index (χ0v) is 20.5. The molecule has 0 fully saturated rings. The maximum absolute atomic E-state index is 14.3. The van der Waals surface area contributed by atoms with Gasteiger partial charge in [0, 0.05) is 35.8 Å². The van der Waals surface area contributed by atoms with Crippen molar-refractivity contribution < 1.29 is 31.9 Å². The van der Waals surface area contributed by atoms with E-state index in [-0.39, 0.29) is 29.5 Å². The quantitative estimate of drug-likeness (QED) is 0.258. The highest BCUT2D eigenvalue weighted by Crippen LogP contribution is 2.32. The molecule has 39 heavy (non-hydrogen) atoms. The lowest BCUT2D eigenvalue weighted by atomic mass is 9.98. The van der Waals surface area contributed by atoms with E-state index in [9.17, 15) is 32.4 Å². The summed E-state index contributed by atoms with van der Waals surface area (Å²) in [6.45, 7) is 0. The van der Waals surface area contributed by atoms with Gasteiger partial charge in [-0.25, -0.2) is 4.39 Å². The van der Waals surface area contributed by atoms with Crippen molar-refractivity contribution in [3.63, 3.8) is 0 Å². The van der Waals surface area contributed by atoms with Crippen LogP contribution in [0, 0.1) is 17.1 Å². The number of benzene rings is 3. The number of hydrogen-bond acceptors (Lipinski definition) is 4. The largest absolute Gasteiger partial charge is 0.573 e. The van der Waals surface area contributed by atoms with Crippen LogP contribution in [0.3, 0.4) is 0 Å². The number of rotatable bonds is 8. The maximum Gasteiger partial charge on any atom is 0.573 e. The van der Waals surface area contributed by atoms with E-state index in [0.29, 0.717) is 0 Å². The Labute approximate surface area is 220 Å². The molecule has 3 N–H and O–H groups in total. The second-order valence-corrected chi connectivity index (χ2v) is 8.66. The molecule has 0 saturated heterocycles. The van der Waals surface area contributed by atoms with E-state index in [1.54, 1.807) is 6.20 Å². The molecule has 0 aliphatic heterocycles. The van der Waals surface area contributed by atoms with Crippen LogP contribution in [-0.2, 0) is 6.42 Å². The van der Waals surface area contributed by atoms with Gasteiger partial charge in [0.05, 0.1) is 18.1 Å². The van der Waals surface area contributed by atoms with E-state index in [1.807, 2.05) is 30.3 Å². The van der Waals surface area contributed by atoms with Crippen molar-refractivity contribution in [3.8, 4) is 22.9 Å². The molecular weight excluding hydrogens is 516 g/mol. The minimum Gasteiger partial charge on any atom is -0.405 e. The number of aromatic amines is 1. The molecule has 7 nitrogen and oxygen atoms in total. The highest BCUT2D eigenvalue weighted by molar-refractivity contribution is 5.99. The third kappa shape index (κ3) is 6.54. The number of halogens is 4. The number of para-hydroxylation sites is 1. The Hall–Kier alpha value is -4.85. The number of carbonyl (C=O) groups excluding carboxylic acids is 2. The van der Waals surface area contributed by atoms with Gasteiger partial charge in [-0.05, 0) is 59.5 Å². The summed E-state index contributed by atoms with van der Waals surface area (Å²) in [6, 6.07) is 15.4. The molecule has 0 spiro atoms. The normalized spacial score (nSPS) is 12.0. The summed E-state index contributed by atoms with van der Waals surface area (Å²) in [6.07, 6.45) is -3.22. The minimum atomic E-state index is -5.09. The SMILES string of the molecule is CNC(=O)c1cc(F)cc(-c2ccc(OC(F)(F)F)c(C(=O)NC(CC#N)Cc3c[nH]c4ccccc34)c2)c1. The fraction of sp³-hybridized carbons (Fsp3) is 0.179. The minimum absolute atomic E-state index is 0.0121. The van der Waals surface area contributed by atoms with E-state index in [4.69, 9.17) is 0 Å². The highest BCUT2D eigenvalue weighted by Gasteiger charge is 2.33. The molecule has 0 radical (unpaired) electrons. The summed E-state index contributed by atoms with van der Waals surface area (Å²) in [5, 5.41) is 15.2. The average molecular weight is 539 g/mol. The summed E-state index contributed by atoms with van der Waals surface area (Å²) in [5.41, 5.74) is 1.52. The first-order chi connectivity index (χ1) is 18.6. The standard InChI is InChI=1S/C28H22F4N4O3/c1-34-26(37)18-10-17(11-20(29)12-18)16-6-7-25(39-28(30,31)32)23(14-16)27(38)36-21(8-9-33)13-19-15-35-24-5-3-2-4-22(19)24/h2-7,10-12,14-15,21,35H,8,13H2,1H3,(H,34,37)(H,36,38). The Morgan fingerprint density at radius 2 is 1.82 bits per heavy atom. The molecule has 1 aromatic heterocycles. The Morgan fingerprint density at radius 3 is 2.54 bits per heavy atom. The van der Waals surface area contributed by atoms with Gasteiger partial charge in [0.2, 0.25) is 0 Å². The summed E-state index contributed by atoms with van der Waals surface area (Å²) in [4.78, 5) is 28.4. The predicted molar refractivity (Wildman–Crippen MR) is 135 cm³/mol. The highest BCUT2D eigenvalue weighted by atomic mass is 19.4. The van der Waals surface area contributed by atoms with Crippen LogP contribution in [0.15, 0.2) is 66.9 Å². The summed E-state index contributed by atoms with van der Waals surface area (Å²) in [5.74, 6) is -3.00. The molecule has 2 amide bonds. The summed E-state index contributed by atoms with van der Waals surface area (Å²) >= 11 is 0. The predicted octanol–water partition coefficient (Wildman–Crippen LogP) is 5.49. The van der Waals surface area contributed by atoms with Gasteiger partial charge in [-0.2, -0.15) is 5.26 Å². The van der Waals surface area contributed by atoms with E-state index in [2.05, 4.69) is 20.4 Å². The maximum atomic E-state index is 14.3. The van der Waals surface area contributed by atoms with Gasteiger partial charge in [-0.3, -0.25) is 9.59 Å². The number of ether oxygens (including phenoxy) is 1. The lowest BCUT2D eigenvalue weighted by Gasteiger charge is -2.19. The first-order valence-electron chi connectivity index (χ1n) is 11.7. The van der Waals surface area contributed by atoms with Gasteiger partial charge in [0.1, 0.15) is 11.6 Å². The van der Waals surface area contributed by atoms with Gasteiger partial charge < -0.3 is 20.4 Å². The Bertz CT molecular complexity index is 1570. The van der Waals surface area contributed by atoms with Crippen molar-refractivity contribution >= 4 is 22.7 Å². The molecule has 200 valence electrons. The zero-order chi connectivity index (χ0) is 28.2. The third-order valence-electron chi connectivity index (χ3n) is 5.98. The van der Waals surface area contributed by atoms with Gasteiger partial charge in [-0.1, -0.05) is 24.3 Å². The fourth-order valence-corrected chi connectivity index (χ4v) is 4.25. The molecule has 0 aliphatic carbocycles. The second kappa shape index (κ2) is 11.3. The zero-order valence-electron chi connectivity index (χ0n) is 20.5. The molecule has 11 heteroatoms. The van der Waals surface area contributed by atoms with Crippen LogP contribution in [0.5, 0.6) is 5.75 Å². The first kappa shape index (κ1) is 27.2. The van der Waals surface area contributed by atoms with Crippen molar-refractivity contribution in [2.24, 2.45) is 0 Å². The third-order valence-corrected chi connectivity index (χ3v) is 5.98. The molecule has 4 aromatic rings. The Kier molecular flexibility index (Phi) is 7.85. The van der Waals surface area contributed by atoms with Crippen LogP contribution < -0.4 is 15.4 Å². The molecule has 1 heterocycles. The van der Waals surface area contributed by atoms with E-state index in [0.717, 1.165) is 40.7 Å². The smallest absolute Gasteiger partial charge is 0.405 e. The van der Waals surface area contributed by atoms with Gasteiger partial charge in [0.15, 0.2) is 0 Å². The number of nitrogens with one attached hydrogen (secondary N) is 3. The van der Waals surface area contributed by atoms with Crippen molar-refractivity contribution in [1.82, 2.24) is 15.6 Å². The topological polar surface area (TPSA) is 107 Å². The number of carbonyl (C=O) groups is 2. The number of H-pyrrole nitrogens is 1. The number of aromatic nitrogens is 1. The van der Waals surface area contributed by atoms with E-state index < -0.39 is 41.3 Å². The van der Waals surface area contributed by atoms with Crippen molar-refractivity contribution in [2.45, 2.75) is 25.2 Å². The first-order valence-corrected chi connectivity index (χ1v) is 11.7. The van der Waals surface area contributed by atoms with Crippen LogP contribution in [0.1, 0.15) is 32.7 Å². The molecule has 1 atom stereocenters. The Balaban J connectivity index is 1.69. The number of alkyl halides is 3. The molecule has 3 aromatic carbocycles.